The summed E-state index contributed by atoms with van der Waals surface area (Å²) < 4.78 is 0. The number of nitrogens with zero attached hydrogens (tertiary/aromatic N) is 2. The fourth-order valence-corrected chi connectivity index (χ4v) is 3.65. The van der Waals surface area contributed by atoms with Crippen molar-refractivity contribution in [2.24, 2.45) is 0 Å². The topological polar surface area (TPSA) is 35.6 Å². The van der Waals surface area contributed by atoms with Gasteiger partial charge in [-0.15, -0.1) is 0 Å². The van der Waals surface area contributed by atoms with Crippen molar-refractivity contribution in [1.29, 1.82) is 0 Å². The molecule has 0 aliphatic carbocycles. The number of nitrogens with one attached hydrogen (secondary N) is 1. The van der Waals surface area contributed by atoms with Crippen molar-refractivity contribution >= 4 is 17.2 Å². The van der Waals surface area contributed by atoms with Gasteiger partial charge in [-0.25, -0.2) is 0 Å². The largest absolute Gasteiger partial charge is 0.320 e. The summed E-state index contributed by atoms with van der Waals surface area (Å²) in [5.41, 5.74) is 1.21. The Morgan fingerprint density at radius 1 is 1.37 bits per heavy atom. The van der Waals surface area contributed by atoms with Gasteiger partial charge in [0.25, 0.3) is 0 Å². The zero-order valence-electron chi connectivity index (χ0n) is 11.3. The zero-order valence-corrected chi connectivity index (χ0v) is 12.2. The lowest BCUT2D eigenvalue weighted by molar-refractivity contribution is -0.130. The van der Waals surface area contributed by atoms with E-state index < -0.39 is 0 Å². The number of carbonyl (C=O) groups is 1. The number of carbonyl (C=O) groups excluding carboxylic acids is 1. The lowest BCUT2D eigenvalue weighted by Crippen LogP contribution is -2.37. The van der Waals surface area contributed by atoms with Crippen LogP contribution in [0.1, 0.15) is 31.5 Å². The minimum Gasteiger partial charge on any atom is -0.320 e. The predicted molar refractivity (Wildman–Crippen MR) is 77.0 cm³/mol. The Hall–Kier alpha value is -0.910. The molecule has 19 heavy (non-hydrogen) atoms. The minimum atomic E-state index is -0.0662. The Morgan fingerprint density at radius 3 is 2.84 bits per heavy atom. The van der Waals surface area contributed by atoms with Crippen LogP contribution >= 0.6 is 11.3 Å². The van der Waals surface area contributed by atoms with Gasteiger partial charge < -0.3 is 9.80 Å². The maximum absolute atomic E-state index is 12.3. The van der Waals surface area contributed by atoms with Crippen LogP contribution in [0.2, 0.25) is 0 Å². The molecule has 5 heteroatoms. The molecular weight excluding hydrogens is 258 g/mol. The Balaban J connectivity index is 1.67. The molecule has 1 aromatic rings. The lowest BCUT2D eigenvalue weighted by Gasteiger charge is -2.26. The summed E-state index contributed by atoms with van der Waals surface area (Å²) in [4.78, 5) is 16.7. The van der Waals surface area contributed by atoms with Crippen LogP contribution in [0.25, 0.3) is 0 Å². The molecule has 0 spiro atoms. The van der Waals surface area contributed by atoms with E-state index in [9.17, 15) is 4.79 Å². The van der Waals surface area contributed by atoms with Gasteiger partial charge in [-0.2, -0.15) is 11.3 Å². The van der Waals surface area contributed by atoms with Gasteiger partial charge in [0, 0.05) is 13.1 Å². The molecule has 0 radical (unpaired) electrons. The molecule has 3 heterocycles. The smallest absolute Gasteiger partial charge is 0.241 e. The van der Waals surface area contributed by atoms with Gasteiger partial charge in [0.05, 0.1) is 6.04 Å². The van der Waals surface area contributed by atoms with Crippen molar-refractivity contribution < 1.29 is 4.79 Å². The van der Waals surface area contributed by atoms with E-state index in [0.717, 1.165) is 13.1 Å². The summed E-state index contributed by atoms with van der Waals surface area (Å²) in [5.74, 6) is 0.232. The van der Waals surface area contributed by atoms with Crippen LogP contribution in [-0.4, -0.2) is 47.9 Å². The van der Waals surface area contributed by atoms with Crippen molar-refractivity contribution in [3.8, 4) is 0 Å². The second-order valence-electron chi connectivity index (χ2n) is 5.43. The Bertz CT molecular complexity index is 428. The zero-order chi connectivity index (χ0) is 13.2. The minimum absolute atomic E-state index is 0.0661. The van der Waals surface area contributed by atoms with Crippen LogP contribution in [-0.2, 0) is 4.79 Å². The first-order chi connectivity index (χ1) is 9.25. The first-order valence-corrected chi connectivity index (χ1v) is 8.01. The van der Waals surface area contributed by atoms with Crippen LogP contribution in [0.4, 0.5) is 0 Å². The van der Waals surface area contributed by atoms with Gasteiger partial charge in [-0.1, -0.05) is 0 Å². The number of hydrogen-bond acceptors (Lipinski definition) is 4. The second-order valence-corrected chi connectivity index (χ2v) is 6.21. The number of rotatable bonds is 4. The molecule has 0 saturated carbocycles. The molecule has 104 valence electrons. The molecule has 0 aromatic carbocycles. The molecule has 1 N–H and O–H groups in total. The average Bonchev–Trinajstić information content (AvgIpc) is 3.12. The molecule has 2 aliphatic rings. The number of likely N-dealkylation sites (tertiary alicyclic amines) is 1. The highest BCUT2D eigenvalue weighted by atomic mass is 32.1. The maximum Gasteiger partial charge on any atom is 0.241 e. The summed E-state index contributed by atoms with van der Waals surface area (Å²) >= 11 is 1.69. The summed E-state index contributed by atoms with van der Waals surface area (Å²) in [6.45, 7) is 6.16. The lowest BCUT2D eigenvalue weighted by atomic mass is 10.2. The third-order valence-electron chi connectivity index (χ3n) is 4.09. The molecule has 1 aromatic heterocycles. The molecule has 2 saturated heterocycles. The summed E-state index contributed by atoms with van der Waals surface area (Å²) in [7, 11) is 0. The summed E-state index contributed by atoms with van der Waals surface area (Å²) in [6, 6.07) is 2.04. The van der Waals surface area contributed by atoms with Gasteiger partial charge >= 0.3 is 0 Å². The van der Waals surface area contributed by atoms with E-state index in [0.29, 0.717) is 0 Å². The van der Waals surface area contributed by atoms with Crippen LogP contribution in [0.5, 0.6) is 0 Å². The van der Waals surface area contributed by atoms with Gasteiger partial charge in [-0.3, -0.25) is 10.1 Å². The molecule has 3 rings (SSSR count). The van der Waals surface area contributed by atoms with Crippen molar-refractivity contribution in [3.05, 3.63) is 22.4 Å². The molecule has 2 fully saturated rings. The van der Waals surface area contributed by atoms with Gasteiger partial charge in [0.1, 0.15) is 6.17 Å². The van der Waals surface area contributed by atoms with Crippen molar-refractivity contribution in [2.45, 2.75) is 32.0 Å². The summed E-state index contributed by atoms with van der Waals surface area (Å²) in [6.07, 6.45) is 2.67. The van der Waals surface area contributed by atoms with E-state index >= 15 is 0 Å². The van der Waals surface area contributed by atoms with Gasteiger partial charge in [0.15, 0.2) is 0 Å². The number of hydrogen-bond donors (Lipinski definition) is 1. The molecule has 2 aliphatic heterocycles. The number of amides is 1. The van der Waals surface area contributed by atoms with Gasteiger partial charge in [0.2, 0.25) is 5.91 Å². The van der Waals surface area contributed by atoms with Crippen molar-refractivity contribution in [1.82, 2.24) is 15.1 Å². The SMILES string of the molecule is CC1NC(c2ccsc2)N(CCN2CCCC2)C1=O. The molecule has 4 nitrogen and oxygen atoms in total. The monoisotopic (exact) mass is 279 g/mol. The van der Waals surface area contributed by atoms with Gasteiger partial charge in [-0.05, 0) is 55.2 Å². The molecule has 2 unspecified atom stereocenters. The fraction of sp³-hybridized carbons (Fsp3) is 0.643. The van der Waals surface area contributed by atoms with Crippen molar-refractivity contribution in [2.75, 3.05) is 26.2 Å². The molecular formula is C14H21N3OS. The average molecular weight is 279 g/mol. The maximum atomic E-state index is 12.3. The second kappa shape index (κ2) is 5.61. The molecule has 0 bridgehead atoms. The first kappa shape index (κ1) is 13.1. The quantitative estimate of drug-likeness (QED) is 0.910. The Labute approximate surface area is 118 Å². The van der Waals surface area contributed by atoms with Crippen LogP contribution in [0.3, 0.4) is 0 Å². The summed E-state index contributed by atoms with van der Waals surface area (Å²) in [5, 5.41) is 7.60. The predicted octanol–water partition coefficient (Wildman–Crippen LogP) is 1.66. The van der Waals surface area contributed by atoms with Crippen LogP contribution in [0, 0.1) is 0 Å². The van der Waals surface area contributed by atoms with Crippen LogP contribution < -0.4 is 5.32 Å². The highest BCUT2D eigenvalue weighted by Crippen LogP contribution is 2.26. The highest BCUT2D eigenvalue weighted by molar-refractivity contribution is 7.07. The molecule has 2 atom stereocenters. The van der Waals surface area contributed by atoms with E-state index in [1.54, 1.807) is 11.3 Å². The van der Waals surface area contributed by atoms with E-state index in [1.807, 2.05) is 11.8 Å². The Morgan fingerprint density at radius 2 is 2.16 bits per heavy atom. The van der Waals surface area contributed by atoms with E-state index in [1.165, 1.54) is 31.5 Å². The van der Waals surface area contributed by atoms with Crippen LogP contribution in [0.15, 0.2) is 16.8 Å². The van der Waals surface area contributed by atoms with E-state index in [2.05, 4.69) is 27.0 Å². The fourth-order valence-electron chi connectivity index (χ4n) is 2.98. The van der Waals surface area contributed by atoms with Crippen molar-refractivity contribution in [3.63, 3.8) is 0 Å². The third-order valence-corrected chi connectivity index (χ3v) is 4.79. The Kier molecular flexibility index (Phi) is 3.86. The third kappa shape index (κ3) is 2.68. The normalized spacial score (nSPS) is 28.5. The first-order valence-electron chi connectivity index (χ1n) is 7.06. The number of thiophene rings is 1. The standard InChI is InChI=1S/C14H21N3OS/c1-11-14(18)17(8-7-16-5-2-3-6-16)13(15-11)12-4-9-19-10-12/h4,9-11,13,15H,2-3,5-8H2,1H3. The highest BCUT2D eigenvalue weighted by Gasteiger charge is 2.37. The van der Waals surface area contributed by atoms with E-state index in [-0.39, 0.29) is 18.1 Å². The molecule has 1 amide bonds. The van der Waals surface area contributed by atoms with E-state index in [4.69, 9.17) is 0 Å².